The molecule has 7 nitrogen and oxygen atoms in total. The highest BCUT2D eigenvalue weighted by molar-refractivity contribution is 7.89. The molecular formula is C24H23ClN2O5S. The Morgan fingerprint density at radius 2 is 1.61 bits per heavy atom. The van der Waals surface area contributed by atoms with Gasteiger partial charge in [-0.15, -0.1) is 0 Å². The predicted molar refractivity (Wildman–Crippen MR) is 128 cm³/mol. The minimum Gasteiger partial charge on any atom is -0.494 e. The van der Waals surface area contributed by atoms with Crippen molar-refractivity contribution in [3.8, 4) is 11.5 Å². The maximum absolute atomic E-state index is 12.3. The Morgan fingerprint density at radius 3 is 2.24 bits per heavy atom. The van der Waals surface area contributed by atoms with E-state index in [1.807, 2.05) is 0 Å². The standard InChI is InChI=1S/C24H23ClN2O5S/c1-2-3-16-31-21-12-6-19(7-13-21)24(28)32-22-10-4-18(5-11-22)17-26-27-33(29,30)23-14-8-20(25)9-15-23/h4-15,17,27H,2-3,16H2,1H3/b26-17+. The van der Waals surface area contributed by atoms with E-state index in [9.17, 15) is 13.2 Å². The fraction of sp³-hybridized carbons (Fsp3) is 0.167. The first-order valence-electron chi connectivity index (χ1n) is 10.2. The lowest BCUT2D eigenvalue weighted by molar-refractivity contribution is 0.0734. The first kappa shape index (κ1) is 24.3. The van der Waals surface area contributed by atoms with Gasteiger partial charge in [-0.1, -0.05) is 24.9 Å². The molecule has 0 spiro atoms. The zero-order valence-corrected chi connectivity index (χ0v) is 19.5. The minimum atomic E-state index is -3.80. The summed E-state index contributed by atoms with van der Waals surface area (Å²) >= 11 is 5.77. The van der Waals surface area contributed by atoms with Crippen molar-refractivity contribution in [1.29, 1.82) is 0 Å². The van der Waals surface area contributed by atoms with E-state index in [1.165, 1.54) is 30.5 Å². The summed E-state index contributed by atoms with van der Waals surface area (Å²) in [5, 5.41) is 4.21. The number of sulfonamides is 1. The number of benzene rings is 3. The van der Waals surface area contributed by atoms with Gasteiger partial charge in [0, 0.05) is 5.02 Å². The van der Waals surface area contributed by atoms with Crippen LogP contribution in [-0.4, -0.2) is 27.2 Å². The molecule has 0 aliphatic heterocycles. The van der Waals surface area contributed by atoms with Gasteiger partial charge in [-0.25, -0.2) is 9.63 Å². The summed E-state index contributed by atoms with van der Waals surface area (Å²) < 4.78 is 35.4. The van der Waals surface area contributed by atoms with Crippen molar-refractivity contribution in [2.45, 2.75) is 24.7 Å². The molecule has 0 saturated carbocycles. The SMILES string of the molecule is CCCCOc1ccc(C(=O)Oc2ccc(/C=N/NS(=O)(=O)c3ccc(Cl)cc3)cc2)cc1. The van der Waals surface area contributed by atoms with Gasteiger partial charge in [0.1, 0.15) is 11.5 Å². The zero-order valence-electron chi connectivity index (χ0n) is 17.9. The second-order valence-corrected chi connectivity index (χ2v) is 9.09. The molecular weight excluding hydrogens is 464 g/mol. The topological polar surface area (TPSA) is 94.1 Å². The molecule has 3 aromatic carbocycles. The molecule has 0 saturated heterocycles. The third-order valence-corrected chi connectivity index (χ3v) is 5.95. The number of carbonyl (C=O) groups is 1. The smallest absolute Gasteiger partial charge is 0.343 e. The molecule has 0 fully saturated rings. The number of unbranched alkanes of at least 4 members (excludes halogenated alkanes) is 1. The third-order valence-electron chi connectivity index (χ3n) is 4.46. The number of ether oxygens (including phenoxy) is 2. The summed E-state index contributed by atoms with van der Waals surface area (Å²) in [6.07, 6.45) is 3.36. The van der Waals surface area contributed by atoms with Gasteiger partial charge < -0.3 is 9.47 Å². The van der Waals surface area contributed by atoms with Gasteiger partial charge in [0.2, 0.25) is 0 Å². The molecule has 0 amide bonds. The number of esters is 1. The van der Waals surface area contributed by atoms with Crippen LogP contribution in [0.3, 0.4) is 0 Å². The maximum atomic E-state index is 12.3. The van der Waals surface area contributed by atoms with Gasteiger partial charge in [-0.2, -0.15) is 13.5 Å². The Labute approximate surface area is 198 Å². The van der Waals surface area contributed by atoms with Gasteiger partial charge in [0.15, 0.2) is 0 Å². The van der Waals surface area contributed by atoms with E-state index in [4.69, 9.17) is 21.1 Å². The molecule has 0 aromatic heterocycles. The van der Waals surface area contributed by atoms with Gasteiger partial charge >= 0.3 is 5.97 Å². The second kappa shape index (κ2) is 11.5. The second-order valence-electron chi connectivity index (χ2n) is 6.99. The van der Waals surface area contributed by atoms with E-state index in [0.29, 0.717) is 34.3 Å². The van der Waals surface area contributed by atoms with E-state index in [2.05, 4.69) is 16.9 Å². The maximum Gasteiger partial charge on any atom is 0.343 e. The van der Waals surface area contributed by atoms with Crippen molar-refractivity contribution in [2.75, 3.05) is 6.61 Å². The van der Waals surface area contributed by atoms with Gasteiger partial charge in [0.25, 0.3) is 10.0 Å². The van der Waals surface area contributed by atoms with Crippen LogP contribution in [0.15, 0.2) is 82.8 Å². The first-order chi connectivity index (χ1) is 15.9. The summed E-state index contributed by atoms with van der Waals surface area (Å²) in [5.41, 5.74) is 1.02. The van der Waals surface area contributed by atoms with Crippen molar-refractivity contribution in [3.63, 3.8) is 0 Å². The summed E-state index contributed by atoms with van der Waals surface area (Å²) in [7, 11) is -3.80. The lowest BCUT2D eigenvalue weighted by Gasteiger charge is -2.07. The summed E-state index contributed by atoms with van der Waals surface area (Å²) in [6, 6.07) is 19.0. The molecule has 0 unspecified atom stereocenters. The number of hydrazone groups is 1. The molecule has 0 bridgehead atoms. The fourth-order valence-electron chi connectivity index (χ4n) is 2.65. The Balaban J connectivity index is 1.54. The largest absolute Gasteiger partial charge is 0.494 e. The molecule has 0 aliphatic carbocycles. The number of rotatable bonds is 10. The van der Waals surface area contributed by atoms with Crippen LogP contribution in [0.4, 0.5) is 0 Å². The van der Waals surface area contributed by atoms with Gasteiger partial charge in [-0.3, -0.25) is 0 Å². The zero-order chi connectivity index (χ0) is 23.7. The molecule has 172 valence electrons. The Morgan fingerprint density at radius 1 is 0.970 bits per heavy atom. The van der Waals surface area contributed by atoms with Crippen LogP contribution < -0.4 is 14.3 Å². The highest BCUT2D eigenvalue weighted by Crippen LogP contribution is 2.17. The van der Waals surface area contributed by atoms with E-state index < -0.39 is 16.0 Å². The summed E-state index contributed by atoms with van der Waals surface area (Å²) in [4.78, 5) is 14.5. The normalized spacial score (nSPS) is 11.3. The number of halogens is 1. The predicted octanol–water partition coefficient (Wildman–Crippen LogP) is 5.05. The highest BCUT2D eigenvalue weighted by atomic mass is 35.5. The minimum absolute atomic E-state index is 0.0480. The molecule has 0 atom stereocenters. The molecule has 1 N–H and O–H groups in total. The molecule has 3 rings (SSSR count). The van der Waals surface area contributed by atoms with Crippen LogP contribution in [0, 0.1) is 0 Å². The quantitative estimate of drug-likeness (QED) is 0.142. The molecule has 9 heteroatoms. The van der Waals surface area contributed by atoms with Gasteiger partial charge in [0.05, 0.1) is 23.3 Å². The van der Waals surface area contributed by atoms with Crippen LogP contribution >= 0.6 is 11.6 Å². The van der Waals surface area contributed by atoms with E-state index in [1.54, 1.807) is 48.5 Å². The van der Waals surface area contributed by atoms with Crippen LogP contribution in [0.1, 0.15) is 35.7 Å². The summed E-state index contributed by atoms with van der Waals surface area (Å²) in [6.45, 7) is 2.73. The third kappa shape index (κ3) is 7.34. The molecule has 33 heavy (non-hydrogen) atoms. The van der Waals surface area contributed by atoms with Crippen molar-refractivity contribution >= 4 is 33.8 Å². The van der Waals surface area contributed by atoms with E-state index >= 15 is 0 Å². The Hall–Kier alpha value is -3.36. The van der Waals surface area contributed by atoms with Crippen LogP contribution in [0.5, 0.6) is 11.5 Å². The average Bonchev–Trinajstić information content (AvgIpc) is 2.81. The fourth-order valence-corrected chi connectivity index (χ4v) is 3.56. The van der Waals surface area contributed by atoms with E-state index in [-0.39, 0.29) is 4.90 Å². The molecule has 0 aliphatic rings. The number of hydrogen-bond donors (Lipinski definition) is 1. The number of carbonyl (C=O) groups excluding carboxylic acids is 1. The number of nitrogens with one attached hydrogen (secondary N) is 1. The lowest BCUT2D eigenvalue weighted by atomic mass is 10.2. The van der Waals surface area contributed by atoms with Crippen LogP contribution in [-0.2, 0) is 10.0 Å². The Bertz CT molecular complexity index is 1190. The highest BCUT2D eigenvalue weighted by Gasteiger charge is 2.12. The van der Waals surface area contributed by atoms with Crippen LogP contribution in [0.2, 0.25) is 5.02 Å². The number of hydrogen-bond acceptors (Lipinski definition) is 6. The lowest BCUT2D eigenvalue weighted by Crippen LogP contribution is -2.18. The Kier molecular flexibility index (Phi) is 8.46. The first-order valence-corrected chi connectivity index (χ1v) is 12.1. The van der Waals surface area contributed by atoms with E-state index in [0.717, 1.165) is 12.8 Å². The van der Waals surface area contributed by atoms with Crippen molar-refractivity contribution in [2.24, 2.45) is 5.10 Å². The van der Waals surface area contributed by atoms with Gasteiger partial charge in [-0.05, 0) is 84.8 Å². The summed E-state index contributed by atoms with van der Waals surface area (Å²) in [5.74, 6) is 0.560. The number of nitrogens with zero attached hydrogens (tertiary/aromatic N) is 1. The van der Waals surface area contributed by atoms with Crippen molar-refractivity contribution in [3.05, 3.63) is 88.9 Å². The molecule has 0 heterocycles. The molecule has 3 aromatic rings. The molecule has 0 radical (unpaired) electrons. The van der Waals surface area contributed by atoms with Crippen molar-refractivity contribution in [1.82, 2.24) is 4.83 Å². The monoisotopic (exact) mass is 486 g/mol. The van der Waals surface area contributed by atoms with Crippen LogP contribution in [0.25, 0.3) is 0 Å². The van der Waals surface area contributed by atoms with Crippen molar-refractivity contribution < 1.29 is 22.7 Å². The average molecular weight is 487 g/mol.